The summed E-state index contributed by atoms with van der Waals surface area (Å²) in [6, 6.07) is 1.71. The third-order valence-corrected chi connectivity index (χ3v) is 3.24. The molecule has 2 amide bonds. The highest BCUT2D eigenvalue weighted by Gasteiger charge is 2.32. The van der Waals surface area contributed by atoms with Crippen LogP contribution >= 0.6 is 0 Å². The normalized spacial score (nSPS) is 18.8. The summed E-state index contributed by atoms with van der Waals surface area (Å²) in [7, 11) is 0. The average Bonchev–Trinajstić information content (AvgIpc) is 3.07. The third-order valence-electron chi connectivity index (χ3n) is 3.24. The molecule has 7 nitrogen and oxygen atoms in total. The van der Waals surface area contributed by atoms with Gasteiger partial charge in [0.15, 0.2) is 5.76 Å². The predicted octanol–water partition coefficient (Wildman–Crippen LogP) is 2.08. The largest absolute Gasteiger partial charge is 0.359 e. The highest BCUT2D eigenvalue weighted by atomic mass is 16.5. The molecule has 1 fully saturated rings. The highest BCUT2D eigenvalue weighted by Crippen LogP contribution is 2.32. The quantitative estimate of drug-likeness (QED) is 0.866. The summed E-state index contributed by atoms with van der Waals surface area (Å²) in [6.45, 7) is 2.59. The van der Waals surface area contributed by atoms with E-state index < -0.39 is 0 Å². The van der Waals surface area contributed by atoms with Gasteiger partial charge in [-0.3, -0.25) is 5.10 Å². The molecule has 3 heterocycles. The van der Waals surface area contributed by atoms with Crippen LogP contribution in [0.3, 0.4) is 0 Å². The lowest BCUT2D eigenvalue weighted by Gasteiger charge is -2.22. The zero-order chi connectivity index (χ0) is 13.2. The van der Waals surface area contributed by atoms with Crippen LogP contribution in [0.25, 0.3) is 0 Å². The first-order chi connectivity index (χ1) is 9.24. The van der Waals surface area contributed by atoms with Gasteiger partial charge in [0, 0.05) is 18.8 Å². The molecule has 2 aromatic heterocycles. The van der Waals surface area contributed by atoms with Crippen LogP contribution in [0.4, 0.5) is 10.5 Å². The number of aromatic amines is 1. The Balaban J connectivity index is 1.74. The zero-order valence-electron chi connectivity index (χ0n) is 10.6. The molecule has 0 spiro atoms. The molecule has 1 aliphatic heterocycles. The molecule has 0 radical (unpaired) electrons. The fraction of sp³-hybridized carbons (Fsp3) is 0.417. The van der Waals surface area contributed by atoms with Crippen LogP contribution in [0.1, 0.15) is 30.3 Å². The Morgan fingerprint density at radius 3 is 3.21 bits per heavy atom. The number of hydrogen-bond acceptors (Lipinski definition) is 4. The molecular weight excluding hydrogens is 246 g/mol. The van der Waals surface area contributed by atoms with E-state index in [4.69, 9.17) is 4.52 Å². The standard InChI is InChI=1S/C12H15N5O2/c1-8-5-11(19-16-8)10-3-2-4-17(10)12(18)15-9-6-13-14-7-9/h5-7,10H,2-4H2,1H3,(H,13,14)(H,15,18). The van der Waals surface area contributed by atoms with Gasteiger partial charge in [-0.05, 0) is 19.8 Å². The number of aryl methyl sites for hydroxylation is 1. The summed E-state index contributed by atoms with van der Waals surface area (Å²) in [5.41, 5.74) is 1.49. The summed E-state index contributed by atoms with van der Waals surface area (Å²) in [5.74, 6) is 0.748. The van der Waals surface area contributed by atoms with Crippen LogP contribution in [0.15, 0.2) is 23.0 Å². The number of carbonyl (C=O) groups excluding carboxylic acids is 1. The van der Waals surface area contributed by atoms with Crippen LogP contribution in [-0.4, -0.2) is 32.8 Å². The SMILES string of the molecule is Cc1cc(C2CCCN2C(=O)Nc2cn[nH]c2)on1. The molecule has 100 valence electrons. The van der Waals surface area contributed by atoms with Crippen molar-refractivity contribution in [2.24, 2.45) is 0 Å². The molecule has 0 aromatic carbocycles. The molecule has 1 saturated heterocycles. The summed E-state index contributed by atoms with van der Waals surface area (Å²) < 4.78 is 5.27. The van der Waals surface area contributed by atoms with Crippen molar-refractivity contribution in [2.45, 2.75) is 25.8 Å². The van der Waals surface area contributed by atoms with E-state index in [1.165, 1.54) is 0 Å². The van der Waals surface area contributed by atoms with E-state index in [0.29, 0.717) is 12.2 Å². The van der Waals surface area contributed by atoms with E-state index >= 15 is 0 Å². The molecule has 19 heavy (non-hydrogen) atoms. The molecule has 7 heteroatoms. The minimum absolute atomic E-state index is 0.0342. The maximum Gasteiger partial charge on any atom is 0.322 e. The molecule has 0 saturated carbocycles. The van der Waals surface area contributed by atoms with E-state index in [9.17, 15) is 4.79 Å². The Hall–Kier alpha value is -2.31. The monoisotopic (exact) mass is 261 g/mol. The van der Waals surface area contributed by atoms with E-state index in [-0.39, 0.29) is 12.1 Å². The van der Waals surface area contributed by atoms with Gasteiger partial charge in [-0.15, -0.1) is 0 Å². The number of hydrogen-bond donors (Lipinski definition) is 2. The summed E-state index contributed by atoms with van der Waals surface area (Å²) >= 11 is 0. The first-order valence-electron chi connectivity index (χ1n) is 6.23. The van der Waals surface area contributed by atoms with Gasteiger partial charge < -0.3 is 14.7 Å². The molecule has 2 aromatic rings. The maximum atomic E-state index is 12.2. The maximum absolute atomic E-state index is 12.2. The minimum atomic E-state index is -0.141. The number of nitrogens with zero attached hydrogens (tertiary/aromatic N) is 3. The van der Waals surface area contributed by atoms with Crippen molar-refractivity contribution in [2.75, 3.05) is 11.9 Å². The highest BCUT2D eigenvalue weighted by molar-refractivity contribution is 5.89. The van der Waals surface area contributed by atoms with Crippen molar-refractivity contribution < 1.29 is 9.32 Å². The number of amides is 2. The van der Waals surface area contributed by atoms with Crippen molar-refractivity contribution in [1.82, 2.24) is 20.3 Å². The van der Waals surface area contributed by atoms with Gasteiger partial charge in [0.1, 0.15) is 0 Å². The van der Waals surface area contributed by atoms with E-state index in [2.05, 4.69) is 20.7 Å². The smallest absolute Gasteiger partial charge is 0.322 e. The fourth-order valence-corrected chi connectivity index (χ4v) is 2.36. The lowest BCUT2D eigenvalue weighted by molar-refractivity contribution is 0.195. The van der Waals surface area contributed by atoms with Gasteiger partial charge in [0.05, 0.1) is 23.6 Å². The van der Waals surface area contributed by atoms with E-state index in [1.807, 2.05) is 13.0 Å². The Morgan fingerprint density at radius 1 is 1.63 bits per heavy atom. The lowest BCUT2D eigenvalue weighted by atomic mass is 10.1. The molecule has 2 N–H and O–H groups in total. The van der Waals surface area contributed by atoms with Crippen molar-refractivity contribution in [3.05, 3.63) is 29.9 Å². The number of likely N-dealkylation sites (tertiary alicyclic amines) is 1. The lowest BCUT2D eigenvalue weighted by Crippen LogP contribution is -2.34. The number of nitrogens with one attached hydrogen (secondary N) is 2. The molecule has 1 aliphatic rings. The summed E-state index contributed by atoms with van der Waals surface area (Å²) in [4.78, 5) is 14.0. The third kappa shape index (κ3) is 2.31. The van der Waals surface area contributed by atoms with Crippen molar-refractivity contribution >= 4 is 11.7 Å². The summed E-state index contributed by atoms with van der Waals surface area (Å²) in [5, 5.41) is 13.1. The molecule has 0 bridgehead atoms. The topological polar surface area (TPSA) is 87.0 Å². The second-order valence-corrected chi connectivity index (χ2v) is 4.64. The molecule has 0 aliphatic carbocycles. The van der Waals surface area contributed by atoms with Gasteiger partial charge in [-0.1, -0.05) is 5.16 Å². The number of rotatable bonds is 2. The number of aromatic nitrogens is 3. The van der Waals surface area contributed by atoms with Gasteiger partial charge in [0.2, 0.25) is 0 Å². The van der Waals surface area contributed by atoms with Crippen LogP contribution in [0.2, 0.25) is 0 Å². The fourth-order valence-electron chi connectivity index (χ4n) is 2.36. The van der Waals surface area contributed by atoms with Crippen LogP contribution in [-0.2, 0) is 0 Å². The van der Waals surface area contributed by atoms with Gasteiger partial charge >= 0.3 is 6.03 Å². The second-order valence-electron chi connectivity index (χ2n) is 4.64. The van der Waals surface area contributed by atoms with Crippen LogP contribution < -0.4 is 5.32 Å². The Labute approximate surface area is 110 Å². The average molecular weight is 261 g/mol. The van der Waals surface area contributed by atoms with Gasteiger partial charge in [-0.2, -0.15) is 5.10 Å². The van der Waals surface area contributed by atoms with Crippen molar-refractivity contribution in [1.29, 1.82) is 0 Å². The van der Waals surface area contributed by atoms with Gasteiger partial charge in [0.25, 0.3) is 0 Å². The van der Waals surface area contributed by atoms with E-state index in [1.54, 1.807) is 17.3 Å². The summed E-state index contributed by atoms with van der Waals surface area (Å²) in [6.07, 6.45) is 5.07. The predicted molar refractivity (Wildman–Crippen MR) is 67.5 cm³/mol. The van der Waals surface area contributed by atoms with Gasteiger partial charge in [-0.25, -0.2) is 4.79 Å². The van der Waals surface area contributed by atoms with Crippen molar-refractivity contribution in [3.8, 4) is 0 Å². The second kappa shape index (κ2) is 4.75. The van der Waals surface area contributed by atoms with Crippen LogP contribution in [0, 0.1) is 6.92 Å². The molecule has 1 atom stereocenters. The first-order valence-corrected chi connectivity index (χ1v) is 6.23. The first kappa shape index (κ1) is 11.8. The van der Waals surface area contributed by atoms with Crippen LogP contribution in [0.5, 0.6) is 0 Å². The Bertz CT molecular complexity index is 562. The number of carbonyl (C=O) groups is 1. The van der Waals surface area contributed by atoms with E-state index in [0.717, 1.165) is 24.3 Å². The Kier molecular flexibility index (Phi) is 2.94. The molecule has 3 rings (SSSR count). The molecular formula is C12H15N5O2. The minimum Gasteiger partial charge on any atom is -0.359 e. The zero-order valence-corrected chi connectivity index (χ0v) is 10.6. The molecule has 1 unspecified atom stereocenters. The van der Waals surface area contributed by atoms with Crippen molar-refractivity contribution in [3.63, 3.8) is 0 Å². The Morgan fingerprint density at radius 2 is 2.53 bits per heavy atom. The number of urea groups is 1. The number of H-pyrrole nitrogens is 1. The number of anilines is 1.